The molecule has 0 aliphatic heterocycles. The van der Waals surface area contributed by atoms with Crippen molar-refractivity contribution in [2.75, 3.05) is 12.4 Å². The van der Waals surface area contributed by atoms with E-state index in [-0.39, 0.29) is 5.91 Å². The Morgan fingerprint density at radius 1 is 1.45 bits per heavy atom. The van der Waals surface area contributed by atoms with Gasteiger partial charge in [0.2, 0.25) is 5.88 Å². The van der Waals surface area contributed by atoms with E-state index in [1.54, 1.807) is 12.1 Å². The monoisotopic (exact) mass is 267 g/mol. The largest absolute Gasteiger partial charge is 0.479 e. The molecule has 5 nitrogen and oxygen atoms in total. The maximum atomic E-state index is 12.2. The average Bonchev–Trinajstić information content (AvgIpc) is 2.48. The number of ether oxygens (including phenoxy) is 1. The van der Waals surface area contributed by atoms with Crippen molar-refractivity contribution in [1.29, 1.82) is 0 Å². The van der Waals surface area contributed by atoms with Gasteiger partial charge in [0.1, 0.15) is 12.0 Å². The fraction of sp³-hybridized carbons (Fsp3) is 0.133. The fourth-order valence-electron chi connectivity index (χ4n) is 1.68. The van der Waals surface area contributed by atoms with Gasteiger partial charge in [0.25, 0.3) is 5.91 Å². The van der Waals surface area contributed by atoms with Crippen molar-refractivity contribution in [2.24, 2.45) is 0 Å². The van der Waals surface area contributed by atoms with E-state index in [1.807, 2.05) is 13.0 Å². The summed E-state index contributed by atoms with van der Waals surface area (Å²) in [5, 5.41) is 2.69. The van der Waals surface area contributed by atoms with Crippen LogP contribution in [-0.4, -0.2) is 23.0 Å². The first-order valence-corrected chi connectivity index (χ1v) is 5.88. The molecule has 1 aromatic heterocycles. The van der Waals surface area contributed by atoms with Crippen molar-refractivity contribution >= 4 is 11.6 Å². The molecule has 0 aliphatic carbocycles. The minimum Gasteiger partial charge on any atom is -0.479 e. The molecule has 0 unspecified atom stereocenters. The molecule has 1 aromatic carbocycles. The van der Waals surface area contributed by atoms with Crippen molar-refractivity contribution in [1.82, 2.24) is 9.97 Å². The molecule has 0 radical (unpaired) electrons. The van der Waals surface area contributed by atoms with Crippen LogP contribution in [0.3, 0.4) is 0 Å². The third kappa shape index (κ3) is 2.75. The number of aromatic nitrogens is 2. The van der Waals surface area contributed by atoms with Crippen molar-refractivity contribution in [3.8, 4) is 18.2 Å². The predicted octanol–water partition coefficient (Wildman–Crippen LogP) is 2.03. The number of rotatable bonds is 3. The number of anilines is 1. The molecule has 0 saturated heterocycles. The number of nitrogens with zero attached hydrogens (tertiary/aromatic N) is 2. The zero-order chi connectivity index (χ0) is 14.5. The summed E-state index contributed by atoms with van der Waals surface area (Å²) in [6, 6.07) is 5.19. The number of carbonyl (C=O) groups excluding carboxylic acids is 1. The van der Waals surface area contributed by atoms with Crippen LogP contribution in [0.2, 0.25) is 0 Å². The Kier molecular flexibility index (Phi) is 3.96. The molecule has 2 aromatic rings. The molecule has 0 fully saturated rings. The van der Waals surface area contributed by atoms with Crippen LogP contribution in [0.1, 0.15) is 21.5 Å². The van der Waals surface area contributed by atoms with Gasteiger partial charge in [-0.3, -0.25) is 4.79 Å². The van der Waals surface area contributed by atoms with Crippen LogP contribution in [0.4, 0.5) is 5.69 Å². The lowest BCUT2D eigenvalue weighted by atomic mass is 10.1. The van der Waals surface area contributed by atoms with E-state index in [2.05, 4.69) is 21.2 Å². The van der Waals surface area contributed by atoms with Gasteiger partial charge >= 0.3 is 0 Å². The number of methoxy groups -OCH3 is 1. The van der Waals surface area contributed by atoms with E-state index < -0.39 is 0 Å². The fourth-order valence-corrected chi connectivity index (χ4v) is 1.68. The van der Waals surface area contributed by atoms with Gasteiger partial charge in [-0.25, -0.2) is 4.98 Å². The predicted molar refractivity (Wildman–Crippen MR) is 75.7 cm³/mol. The molecular weight excluding hydrogens is 254 g/mol. The van der Waals surface area contributed by atoms with Crippen LogP contribution in [-0.2, 0) is 0 Å². The maximum absolute atomic E-state index is 12.2. The second kappa shape index (κ2) is 5.85. The Morgan fingerprint density at radius 3 is 2.95 bits per heavy atom. The molecule has 0 bridgehead atoms. The summed E-state index contributed by atoms with van der Waals surface area (Å²) in [5.74, 6) is 2.55. The molecule has 0 saturated carbocycles. The summed E-state index contributed by atoms with van der Waals surface area (Å²) in [7, 11) is 1.47. The van der Waals surface area contributed by atoms with Gasteiger partial charge in [-0.2, -0.15) is 4.98 Å². The van der Waals surface area contributed by atoms with Crippen molar-refractivity contribution in [3.05, 3.63) is 47.4 Å². The number of nitrogens with one attached hydrogen (secondary N) is 1. The quantitative estimate of drug-likeness (QED) is 0.864. The summed E-state index contributed by atoms with van der Waals surface area (Å²) in [4.78, 5) is 19.9. The number of carbonyl (C=O) groups is 1. The Labute approximate surface area is 117 Å². The molecule has 2 rings (SSSR count). The normalized spacial score (nSPS) is 9.65. The van der Waals surface area contributed by atoms with Crippen LogP contribution >= 0.6 is 0 Å². The lowest BCUT2D eigenvalue weighted by molar-refractivity contribution is 0.102. The minimum atomic E-state index is -0.297. The molecule has 0 spiro atoms. The smallest absolute Gasteiger partial charge is 0.255 e. The maximum Gasteiger partial charge on any atom is 0.255 e. The second-order valence-electron chi connectivity index (χ2n) is 4.07. The Balaban J connectivity index is 2.27. The topological polar surface area (TPSA) is 64.1 Å². The lowest BCUT2D eigenvalue weighted by Gasteiger charge is -2.09. The molecule has 0 aliphatic rings. The third-order valence-electron chi connectivity index (χ3n) is 2.77. The molecule has 20 heavy (non-hydrogen) atoms. The van der Waals surface area contributed by atoms with Crippen LogP contribution in [0.15, 0.2) is 30.7 Å². The SMILES string of the molecule is C#Cc1cc(C(=O)Nc2cncnc2OC)ccc1C. The first-order chi connectivity index (χ1) is 9.65. The number of amides is 1. The van der Waals surface area contributed by atoms with Gasteiger partial charge in [0.05, 0.1) is 13.3 Å². The number of hydrogen-bond donors (Lipinski definition) is 1. The summed E-state index contributed by atoms with van der Waals surface area (Å²) >= 11 is 0. The van der Waals surface area contributed by atoms with E-state index >= 15 is 0 Å². The molecule has 1 heterocycles. The second-order valence-corrected chi connectivity index (χ2v) is 4.07. The molecule has 1 N–H and O–H groups in total. The van der Waals surface area contributed by atoms with Gasteiger partial charge in [-0.05, 0) is 24.6 Å². The van der Waals surface area contributed by atoms with E-state index in [4.69, 9.17) is 11.2 Å². The molecule has 0 atom stereocenters. The van der Waals surface area contributed by atoms with E-state index in [9.17, 15) is 4.79 Å². The summed E-state index contributed by atoms with van der Waals surface area (Å²) in [6.07, 6.45) is 8.21. The first-order valence-electron chi connectivity index (χ1n) is 5.88. The van der Waals surface area contributed by atoms with Crippen LogP contribution in [0.25, 0.3) is 0 Å². The van der Waals surface area contributed by atoms with Crippen LogP contribution in [0.5, 0.6) is 5.88 Å². The van der Waals surface area contributed by atoms with Gasteiger partial charge in [-0.15, -0.1) is 6.42 Å². The summed E-state index contributed by atoms with van der Waals surface area (Å²) in [5.41, 5.74) is 2.51. The van der Waals surface area contributed by atoms with E-state index in [1.165, 1.54) is 19.6 Å². The zero-order valence-corrected chi connectivity index (χ0v) is 11.2. The molecule has 5 heteroatoms. The number of aryl methyl sites for hydroxylation is 1. The van der Waals surface area contributed by atoms with Gasteiger partial charge < -0.3 is 10.1 Å². The highest BCUT2D eigenvalue weighted by Gasteiger charge is 2.11. The molecular formula is C15H13N3O2. The van der Waals surface area contributed by atoms with Crippen molar-refractivity contribution < 1.29 is 9.53 Å². The Bertz CT molecular complexity index is 690. The number of terminal acetylenes is 1. The standard InChI is InChI=1S/C15H13N3O2/c1-4-11-7-12(6-5-10(11)2)14(19)18-13-8-16-9-17-15(13)20-3/h1,5-9H,2-3H3,(H,18,19). The van der Waals surface area contributed by atoms with Crippen LogP contribution in [0, 0.1) is 19.3 Å². The highest BCUT2D eigenvalue weighted by Crippen LogP contribution is 2.20. The van der Waals surface area contributed by atoms with Gasteiger partial charge in [-0.1, -0.05) is 12.0 Å². The highest BCUT2D eigenvalue weighted by molar-refractivity contribution is 6.05. The molecule has 1 amide bonds. The highest BCUT2D eigenvalue weighted by atomic mass is 16.5. The van der Waals surface area contributed by atoms with Crippen molar-refractivity contribution in [2.45, 2.75) is 6.92 Å². The zero-order valence-electron chi connectivity index (χ0n) is 11.2. The summed E-state index contributed by atoms with van der Waals surface area (Å²) < 4.78 is 5.05. The van der Waals surface area contributed by atoms with Gasteiger partial charge in [0, 0.05) is 11.1 Å². The third-order valence-corrected chi connectivity index (χ3v) is 2.77. The Hall–Kier alpha value is -2.87. The number of benzene rings is 1. The summed E-state index contributed by atoms with van der Waals surface area (Å²) in [6.45, 7) is 1.89. The average molecular weight is 267 g/mol. The van der Waals surface area contributed by atoms with E-state index in [0.29, 0.717) is 22.7 Å². The minimum absolute atomic E-state index is 0.297. The van der Waals surface area contributed by atoms with E-state index in [0.717, 1.165) is 5.56 Å². The van der Waals surface area contributed by atoms with Crippen molar-refractivity contribution in [3.63, 3.8) is 0 Å². The first kappa shape index (κ1) is 13.6. The number of hydrogen-bond acceptors (Lipinski definition) is 4. The Morgan fingerprint density at radius 2 is 2.25 bits per heavy atom. The lowest BCUT2D eigenvalue weighted by Crippen LogP contribution is -2.13. The van der Waals surface area contributed by atoms with Crippen LogP contribution < -0.4 is 10.1 Å². The van der Waals surface area contributed by atoms with Gasteiger partial charge in [0.15, 0.2) is 0 Å². The molecule has 100 valence electrons.